The van der Waals surface area contributed by atoms with Crippen molar-refractivity contribution < 1.29 is 34.4 Å². The molecule has 2 atom stereocenters. The Kier molecular flexibility index (Phi) is 9.88. The number of carbonyl (C=O) groups is 2. The number of rotatable bonds is 12. The minimum absolute atomic E-state index is 0.101. The molecule has 254 valence electrons. The molecule has 0 aliphatic carbocycles. The second-order valence-electron chi connectivity index (χ2n) is 11.7. The third-order valence-corrected chi connectivity index (χ3v) is 9.50. The fourth-order valence-corrected chi connectivity index (χ4v) is 6.69. The Morgan fingerprint density at radius 3 is 2.42 bits per heavy atom. The zero-order valence-electron chi connectivity index (χ0n) is 26.4. The van der Waals surface area contributed by atoms with Crippen LogP contribution in [0.25, 0.3) is 21.3 Å². The maximum absolute atomic E-state index is 15.0. The van der Waals surface area contributed by atoms with E-state index in [4.69, 9.17) is 0 Å². The number of hydrogen-bond donors (Lipinski definition) is 7. The number of H-pyrrole nitrogens is 1. The van der Waals surface area contributed by atoms with E-state index in [1.54, 1.807) is 66.7 Å². The molecule has 0 aliphatic heterocycles. The van der Waals surface area contributed by atoms with E-state index in [1.165, 1.54) is 41.7 Å². The van der Waals surface area contributed by atoms with Crippen molar-refractivity contribution in [2.24, 2.45) is 0 Å². The van der Waals surface area contributed by atoms with Gasteiger partial charge in [-0.3, -0.25) is 9.59 Å². The molecule has 0 saturated carbocycles. The van der Waals surface area contributed by atoms with E-state index in [-0.39, 0.29) is 53.2 Å². The van der Waals surface area contributed by atoms with Gasteiger partial charge in [-0.2, -0.15) is 0 Å². The molecule has 50 heavy (non-hydrogen) atoms. The third kappa shape index (κ3) is 7.05. The normalized spacial score (nSPS) is 13.1. The number of carboxylic acid groups (broad SMARTS) is 1. The van der Waals surface area contributed by atoms with Gasteiger partial charge >= 0.3 is 5.97 Å². The predicted molar refractivity (Wildman–Crippen MR) is 187 cm³/mol. The number of thiophene rings is 1. The van der Waals surface area contributed by atoms with Gasteiger partial charge in [-0.05, 0) is 64.7 Å². The minimum atomic E-state index is -2.24. The summed E-state index contributed by atoms with van der Waals surface area (Å²) in [5.74, 6) is -2.81. The van der Waals surface area contributed by atoms with Crippen molar-refractivity contribution in [1.29, 1.82) is 0 Å². The molecule has 6 aromatic rings. The Balaban J connectivity index is 1.06. The van der Waals surface area contributed by atoms with E-state index in [9.17, 15) is 34.8 Å². The summed E-state index contributed by atoms with van der Waals surface area (Å²) in [7, 11) is 0. The molecule has 0 bridgehead atoms. The third-order valence-electron chi connectivity index (χ3n) is 8.36. The lowest BCUT2D eigenvalue weighted by molar-refractivity contribution is -0.155. The number of aliphatic hydroxyl groups excluding tert-OH is 1. The second-order valence-corrected chi connectivity index (χ2v) is 12.8. The van der Waals surface area contributed by atoms with Gasteiger partial charge in [0.2, 0.25) is 11.2 Å². The Morgan fingerprint density at radius 2 is 1.66 bits per heavy atom. The number of halogens is 1. The number of carbonyl (C=O) groups excluding carboxylic acids is 1. The topological polar surface area (TPSA) is 172 Å². The summed E-state index contributed by atoms with van der Waals surface area (Å²) in [4.78, 5) is 40.9. The lowest BCUT2D eigenvalue weighted by Gasteiger charge is -2.25. The van der Waals surface area contributed by atoms with Crippen LogP contribution in [0.2, 0.25) is 0 Å². The van der Waals surface area contributed by atoms with Gasteiger partial charge in [0, 0.05) is 39.9 Å². The zero-order chi connectivity index (χ0) is 35.4. The van der Waals surface area contributed by atoms with Gasteiger partial charge in [-0.1, -0.05) is 60.7 Å². The van der Waals surface area contributed by atoms with Crippen molar-refractivity contribution in [3.8, 4) is 16.2 Å². The zero-order valence-corrected chi connectivity index (χ0v) is 27.2. The van der Waals surface area contributed by atoms with E-state index < -0.39 is 29.4 Å². The first-order chi connectivity index (χ1) is 24.0. The molecule has 0 fully saturated rings. The van der Waals surface area contributed by atoms with Crippen LogP contribution in [0.3, 0.4) is 0 Å². The van der Waals surface area contributed by atoms with Crippen molar-refractivity contribution >= 4 is 34.1 Å². The molecule has 0 radical (unpaired) electrons. The van der Waals surface area contributed by atoms with Crippen LogP contribution in [-0.2, 0) is 23.5 Å². The van der Waals surface area contributed by atoms with Gasteiger partial charge in [-0.15, -0.1) is 11.3 Å². The van der Waals surface area contributed by atoms with E-state index >= 15 is 4.39 Å². The number of benzene rings is 4. The molecule has 0 unspecified atom stereocenters. The summed E-state index contributed by atoms with van der Waals surface area (Å²) in [6.45, 7) is 0.438. The predicted octanol–water partition coefficient (Wildman–Crippen LogP) is 5.18. The highest BCUT2D eigenvalue weighted by Crippen LogP contribution is 2.35. The molecular weight excluding hydrogens is 661 g/mol. The number of aromatic hydroxyl groups is 1. The van der Waals surface area contributed by atoms with E-state index in [1.807, 2.05) is 12.1 Å². The van der Waals surface area contributed by atoms with Crippen LogP contribution in [-0.4, -0.2) is 43.8 Å². The summed E-state index contributed by atoms with van der Waals surface area (Å²) in [5, 5.41) is 48.3. The van der Waals surface area contributed by atoms with Gasteiger partial charge < -0.3 is 36.0 Å². The summed E-state index contributed by atoms with van der Waals surface area (Å²) >= 11 is 1.37. The molecule has 0 saturated heterocycles. The number of fused-ring (bicyclic) bond motifs is 1. The second kappa shape index (κ2) is 14.4. The minimum Gasteiger partial charge on any atom is -0.506 e. The Hall–Kier alpha value is -5.66. The Morgan fingerprint density at radius 1 is 0.880 bits per heavy atom. The Labute approximate surface area is 289 Å². The number of amides is 1. The lowest BCUT2D eigenvalue weighted by Crippen LogP contribution is -2.36. The summed E-state index contributed by atoms with van der Waals surface area (Å²) < 4.78 is 15.0. The van der Waals surface area contributed by atoms with Crippen LogP contribution in [0.15, 0.2) is 114 Å². The van der Waals surface area contributed by atoms with Gasteiger partial charge in [0.15, 0.2) is 0 Å². The number of aromatic nitrogens is 1. The van der Waals surface area contributed by atoms with Gasteiger partial charge in [0.05, 0.1) is 23.7 Å². The van der Waals surface area contributed by atoms with Crippen LogP contribution in [0.1, 0.15) is 43.6 Å². The first-order valence-electron chi connectivity index (χ1n) is 15.6. The van der Waals surface area contributed by atoms with Crippen molar-refractivity contribution in [2.75, 3.05) is 6.54 Å². The standard InChI is InChI=1S/C38H32FN3O7S/c39-30-17-22(19-40-21-32(44)27-12-14-31(43)35-28(27)13-16-34(45)42-35)9-11-29(30)36(46)41-20-26-10-15-33(50-26)23-5-4-8-25(18-23)38(49,37(47)48)24-6-2-1-3-7-24/h1-18,32,40,43-44,49H,19-21H2,(H,41,46)(H,42,45)(H,47,48)/t32-,38-/m0/s1. The van der Waals surface area contributed by atoms with Crippen LogP contribution in [0, 0.1) is 5.82 Å². The number of carboxylic acids is 1. The largest absolute Gasteiger partial charge is 0.506 e. The summed E-state index contributed by atoms with van der Waals surface area (Å²) in [5.41, 5.74) is -0.346. The van der Waals surface area contributed by atoms with Crippen LogP contribution >= 0.6 is 11.3 Å². The van der Waals surface area contributed by atoms with E-state index in [0.717, 1.165) is 9.75 Å². The molecule has 2 aromatic heterocycles. The number of phenols is 1. The molecule has 4 aromatic carbocycles. The van der Waals surface area contributed by atoms with Crippen molar-refractivity contribution in [1.82, 2.24) is 15.6 Å². The van der Waals surface area contributed by atoms with E-state index in [0.29, 0.717) is 22.1 Å². The Bertz CT molecular complexity index is 2260. The molecule has 0 aliphatic rings. The first-order valence-corrected chi connectivity index (χ1v) is 16.4. The molecule has 7 N–H and O–H groups in total. The van der Waals surface area contributed by atoms with Crippen molar-refractivity contribution in [3.05, 3.63) is 158 Å². The SMILES string of the molecule is O=C(NCc1ccc(-c2cccc([C@](O)(C(=O)O)c3ccccc3)c2)s1)c1ccc(CNC[C@H](O)c2ccc(O)c3[nH]c(=O)ccc23)cc1F. The summed E-state index contributed by atoms with van der Waals surface area (Å²) in [6.07, 6.45) is -0.983. The number of aromatic amines is 1. The number of aliphatic carboxylic acids is 1. The van der Waals surface area contributed by atoms with Crippen LogP contribution in [0.5, 0.6) is 5.75 Å². The maximum Gasteiger partial charge on any atom is 0.345 e. The molecule has 6 rings (SSSR count). The number of nitrogens with one attached hydrogen (secondary N) is 3. The van der Waals surface area contributed by atoms with Gasteiger partial charge in [-0.25, -0.2) is 9.18 Å². The first kappa shape index (κ1) is 34.2. The molecule has 10 nitrogen and oxygen atoms in total. The van der Waals surface area contributed by atoms with Crippen LogP contribution < -0.4 is 16.2 Å². The average molecular weight is 694 g/mol. The number of hydrogen-bond acceptors (Lipinski definition) is 8. The lowest BCUT2D eigenvalue weighted by atomic mass is 9.85. The fraction of sp³-hybridized carbons (Fsp3) is 0.132. The molecular formula is C38H32FN3O7S. The quantitative estimate of drug-likeness (QED) is 0.0920. The van der Waals surface area contributed by atoms with Crippen LogP contribution in [0.4, 0.5) is 4.39 Å². The van der Waals surface area contributed by atoms with Crippen molar-refractivity contribution in [2.45, 2.75) is 24.8 Å². The average Bonchev–Trinajstić information content (AvgIpc) is 3.60. The fourth-order valence-electron chi connectivity index (χ4n) is 5.75. The maximum atomic E-state index is 15.0. The molecule has 1 amide bonds. The van der Waals surface area contributed by atoms with Gasteiger partial charge in [0.25, 0.3) is 5.91 Å². The molecule has 12 heteroatoms. The number of aliphatic hydroxyl groups is 2. The monoisotopic (exact) mass is 693 g/mol. The number of pyridine rings is 1. The van der Waals surface area contributed by atoms with Gasteiger partial charge in [0.1, 0.15) is 11.6 Å². The highest BCUT2D eigenvalue weighted by molar-refractivity contribution is 7.15. The smallest absolute Gasteiger partial charge is 0.345 e. The summed E-state index contributed by atoms with van der Waals surface area (Å²) in [6, 6.07) is 28.5. The molecule has 0 spiro atoms. The number of phenolic OH excluding ortho intramolecular Hbond substituents is 1. The highest BCUT2D eigenvalue weighted by atomic mass is 32.1. The van der Waals surface area contributed by atoms with E-state index in [2.05, 4.69) is 15.6 Å². The molecule has 2 heterocycles. The van der Waals surface area contributed by atoms with Crippen molar-refractivity contribution in [3.63, 3.8) is 0 Å². The highest BCUT2D eigenvalue weighted by Gasteiger charge is 2.40.